The lowest BCUT2D eigenvalue weighted by molar-refractivity contribution is -0.145. The van der Waals surface area contributed by atoms with E-state index in [1.165, 1.54) is 25.3 Å². The van der Waals surface area contributed by atoms with Crippen molar-refractivity contribution in [2.75, 3.05) is 12.0 Å². The third-order valence-corrected chi connectivity index (χ3v) is 2.85. The van der Waals surface area contributed by atoms with Crippen LogP contribution in [0, 0.1) is 0 Å². The molecule has 0 fully saturated rings. The second-order valence-electron chi connectivity index (χ2n) is 4.67. The third kappa shape index (κ3) is 6.61. The molecule has 1 aromatic heterocycles. The Labute approximate surface area is 122 Å². The summed E-state index contributed by atoms with van der Waals surface area (Å²) in [7, 11) is 0. The lowest BCUT2D eigenvalue weighted by Crippen LogP contribution is -2.16. The summed E-state index contributed by atoms with van der Waals surface area (Å²) >= 11 is 0. The zero-order valence-corrected chi connectivity index (χ0v) is 12.0. The Bertz CT molecular complexity index is 426. The fourth-order valence-corrected chi connectivity index (χ4v) is 1.76. The van der Waals surface area contributed by atoms with Crippen LogP contribution in [0.3, 0.4) is 0 Å². The van der Waals surface area contributed by atoms with Crippen molar-refractivity contribution in [1.82, 2.24) is 9.97 Å². The number of unbranched alkanes of at least 4 members (excludes halogenated alkanes) is 5. The monoisotopic (exact) mass is 306 g/mol. The van der Waals surface area contributed by atoms with Gasteiger partial charge in [0.1, 0.15) is 5.82 Å². The average Bonchev–Trinajstić information content (AvgIpc) is 2.45. The molecular formula is C13H21F3N4O. The van der Waals surface area contributed by atoms with E-state index in [0.717, 1.165) is 19.3 Å². The Hall–Kier alpha value is -1.57. The summed E-state index contributed by atoms with van der Waals surface area (Å²) in [6.45, 7) is 2.46. The van der Waals surface area contributed by atoms with Crippen molar-refractivity contribution in [3.63, 3.8) is 0 Å². The molecule has 120 valence electrons. The minimum atomic E-state index is -4.63. The molecule has 0 bridgehead atoms. The van der Waals surface area contributed by atoms with Gasteiger partial charge in [-0.15, -0.1) is 0 Å². The minimum absolute atomic E-state index is 0.126. The van der Waals surface area contributed by atoms with Crippen LogP contribution in [0.25, 0.3) is 0 Å². The number of nitrogens with zero attached hydrogens (tertiary/aromatic N) is 2. The maximum Gasteiger partial charge on any atom is 0.451 e. The summed E-state index contributed by atoms with van der Waals surface area (Å²) in [6, 6.07) is 1.24. The summed E-state index contributed by atoms with van der Waals surface area (Å²) in [5.74, 6) is 3.57. The van der Waals surface area contributed by atoms with Crippen molar-refractivity contribution >= 4 is 5.82 Å². The highest BCUT2D eigenvalue weighted by Gasteiger charge is 2.35. The standard InChI is InChI=1S/C13H21F3N4O/c1-2-3-4-5-6-7-8-21-11-9-10(20-17)18-12(19-11)13(14,15)16/h9H,2-8,17H2,1H3,(H,18,19,20). The van der Waals surface area contributed by atoms with Gasteiger partial charge < -0.3 is 10.2 Å². The van der Waals surface area contributed by atoms with E-state index in [4.69, 9.17) is 10.6 Å². The SMILES string of the molecule is CCCCCCCCOc1cc(NN)nc(C(F)(F)F)n1. The number of anilines is 1. The quantitative estimate of drug-likeness (QED) is 0.415. The number of nitrogens with two attached hydrogens (primary N) is 1. The van der Waals surface area contributed by atoms with Crippen LogP contribution in [-0.2, 0) is 6.18 Å². The molecule has 0 saturated carbocycles. The second kappa shape index (κ2) is 8.66. The Morgan fingerprint density at radius 2 is 1.81 bits per heavy atom. The van der Waals surface area contributed by atoms with Crippen LogP contribution < -0.4 is 16.0 Å². The summed E-state index contributed by atoms with van der Waals surface area (Å²) < 4.78 is 43.0. The molecule has 1 heterocycles. The number of nitrogens with one attached hydrogen (secondary N) is 1. The van der Waals surface area contributed by atoms with Crippen LogP contribution in [-0.4, -0.2) is 16.6 Å². The van der Waals surface area contributed by atoms with Gasteiger partial charge in [-0.25, -0.2) is 10.8 Å². The maximum atomic E-state index is 12.6. The molecule has 0 saturated heterocycles. The van der Waals surface area contributed by atoms with Gasteiger partial charge in [-0.3, -0.25) is 0 Å². The first kappa shape index (κ1) is 17.5. The minimum Gasteiger partial charge on any atom is -0.478 e. The predicted molar refractivity (Wildman–Crippen MR) is 73.7 cm³/mol. The Kier molecular flexibility index (Phi) is 7.21. The summed E-state index contributed by atoms with van der Waals surface area (Å²) in [5.41, 5.74) is 2.07. The molecule has 5 nitrogen and oxygen atoms in total. The van der Waals surface area contributed by atoms with E-state index in [9.17, 15) is 13.2 Å². The van der Waals surface area contributed by atoms with Crippen molar-refractivity contribution in [2.24, 2.45) is 5.84 Å². The fourth-order valence-electron chi connectivity index (χ4n) is 1.76. The molecule has 0 atom stereocenters. The van der Waals surface area contributed by atoms with Gasteiger partial charge in [-0.05, 0) is 6.42 Å². The van der Waals surface area contributed by atoms with Gasteiger partial charge in [0.25, 0.3) is 0 Å². The molecule has 1 aromatic rings. The number of ether oxygens (including phenoxy) is 1. The van der Waals surface area contributed by atoms with E-state index in [0.29, 0.717) is 6.61 Å². The number of halogens is 3. The molecule has 0 aliphatic heterocycles. The highest BCUT2D eigenvalue weighted by Crippen LogP contribution is 2.28. The number of rotatable bonds is 9. The lowest BCUT2D eigenvalue weighted by atomic mass is 10.1. The lowest BCUT2D eigenvalue weighted by Gasteiger charge is -2.10. The van der Waals surface area contributed by atoms with Crippen LogP contribution in [0.1, 0.15) is 51.3 Å². The van der Waals surface area contributed by atoms with E-state index in [-0.39, 0.29) is 11.7 Å². The molecular weight excluding hydrogens is 285 g/mol. The van der Waals surface area contributed by atoms with Crippen molar-refractivity contribution in [1.29, 1.82) is 0 Å². The van der Waals surface area contributed by atoms with E-state index in [2.05, 4.69) is 22.3 Å². The van der Waals surface area contributed by atoms with Gasteiger partial charge in [0.2, 0.25) is 11.7 Å². The van der Waals surface area contributed by atoms with Gasteiger partial charge in [0.05, 0.1) is 6.61 Å². The van der Waals surface area contributed by atoms with Gasteiger partial charge in [-0.2, -0.15) is 18.2 Å². The number of hydrogen-bond acceptors (Lipinski definition) is 5. The second-order valence-corrected chi connectivity index (χ2v) is 4.67. The number of hydrogen-bond donors (Lipinski definition) is 2. The van der Waals surface area contributed by atoms with Crippen LogP contribution in [0.4, 0.5) is 19.0 Å². The first-order valence-electron chi connectivity index (χ1n) is 7.03. The molecule has 8 heteroatoms. The van der Waals surface area contributed by atoms with Crippen LogP contribution in [0.15, 0.2) is 6.07 Å². The number of hydrazine groups is 1. The molecule has 0 unspecified atom stereocenters. The van der Waals surface area contributed by atoms with Gasteiger partial charge in [0.15, 0.2) is 0 Å². The summed E-state index contributed by atoms with van der Waals surface area (Å²) in [5, 5.41) is 0. The zero-order chi connectivity index (χ0) is 15.7. The zero-order valence-electron chi connectivity index (χ0n) is 12.0. The molecule has 21 heavy (non-hydrogen) atoms. The Morgan fingerprint density at radius 1 is 1.14 bits per heavy atom. The first-order chi connectivity index (χ1) is 9.97. The molecule has 0 aliphatic rings. The smallest absolute Gasteiger partial charge is 0.451 e. The van der Waals surface area contributed by atoms with Gasteiger partial charge >= 0.3 is 6.18 Å². The van der Waals surface area contributed by atoms with Gasteiger partial charge in [0, 0.05) is 6.07 Å². The fraction of sp³-hybridized carbons (Fsp3) is 0.692. The predicted octanol–water partition coefficient (Wildman–Crippen LogP) is 3.52. The molecule has 0 aliphatic carbocycles. The van der Waals surface area contributed by atoms with E-state index in [1.807, 2.05) is 0 Å². The van der Waals surface area contributed by atoms with Crippen LogP contribution >= 0.6 is 0 Å². The van der Waals surface area contributed by atoms with E-state index in [1.54, 1.807) is 0 Å². The largest absolute Gasteiger partial charge is 0.478 e. The molecule has 0 spiro atoms. The van der Waals surface area contributed by atoms with Crippen molar-refractivity contribution in [3.05, 3.63) is 11.9 Å². The van der Waals surface area contributed by atoms with Crippen molar-refractivity contribution < 1.29 is 17.9 Å². The first-order valence-corrected chi connectivity index (χ1v) is 7.03. The molecule has 1 rings (SSSR count). The van der Waals surface area contributed by atoms with Crippen LogP contribution in [0.2, 0.25) is 0 Å². The number of nitrogen functional groups attached to an aromatic ring is 1. The molecule has 0 aromatic carbocycles. The molecule has 3 N–H and O–H groups in total. The maximum absolute atomic E-state index is 12.6. The van der Waals surface area contributed by atoms with E-state index >= 15 is 0 Å². The van der Waals surface area contributed by atoms with Gasteiger partial charge in [-0.1, -0.05) is 39.0 Å². The Balaban J connectivity index is 2.47. The highest BCUT2D eigenvalue weighted by atomic mass is 19.4. The third-order valence-electron chi connectivity index (χ3n) is 2.85. The molecule has 0 radical (unpaired) electrons. The van der Waals surface area contributed by atoms with Crippen molar-refractivity contribution in [3.8, 4) is 5.88 Å². The normalized spacial score (nSPS) is 11.5. The van der Waals surface area contributed by atoms with Crippen molar-refractivity contribution in [2.45, 2.75) is 51.6 Å². The molecule has 0 amide bonds. The Morgan fingerprint density at radius 3 is 2.43 bits per heavy atom. The topological polar surface area (TPSA) is 73.1 Å². The van der Waals surface area contributed by atoms with E-state index < -0.39 is 12.0 Å². The number of alkyl halides is 3. The summed E-state index contributed by atoms with van der Waals surface area (Å²) in [6.07, 6.45) is 1.78. The number of aromatic nitrogens is 2. The van der Waals surface area contributed by atoms with Crippen LogP contribution in [0.5, 0.6) is 5.88 Å². The average molecular weight is 306 g/mol. The highest BCUT2D eigenvalue weighted by molar-refractivity contribution is 5.37. The summed E-state index contributed by atoms with van der Waals surface area (Å²) in [4.78, 5) is 6.60.